The van der Waals surface area contributed by atoms with Gasteiger partial charge in [0.25, 0.3) is 0 Å². The van der Waals surface area contributed by atoms with E-state index < -0.39 is 0 Å². The van der Waals surface area contributed by atoms with Crippen LogP contribution in [0, 0.1) is 5.41 Å². The summed E-state index contributed by atoms with van der Waals surface area (Å²) in [7, 11) is 4.05. The minimum atomic E-state index is 0.413. The molecule has 128 valence electrons. The minimum Gasteiger partial charge on any atom is -0.355 e. The van der Waals surface area contributed by atoms with E-state index in [1.807, 2.05) is 25.5 Å². The highest BCUT2D eigenvalue weighted by Gasteiger charge is 2.46. The number of nitrogens with one attached hydrogen (secondary N) is 2. The van der Waals surface area contributed by atoms with Gasteiger partial charge in [0.1, 0.15) is 5.82 Å². The van der Waals surface area contributed by atoms with Crippen LogP contribution in [0.4, 0.5) is 17.5 Å². The fourth-order valence-electron chi connectivity index (χ4n) is 4.31. The Hall–Kier alpha value is -2.15. The molecule has 2 fully saturated rings. The molecular weight excluding hydrogens is 302 g/mol. The van der Waals surface area contributed by atoms with Gasteiger partial charge in [-0.3, -0.25) is 4.68 Å². The van der Waals surface area contributed by atoms with E-state index in [1.165, 1.54) is 25.7 Å². The maximum absolute atomic E-state index is 4.72. The number of aryl methyl sites for hydroxylation is 1. The lowest BCUT2D eigenvalue weighted by atomic mass is 9.80. The van der Waals surface area contributed by atoms with Crippen molar-refractivity contribution in [1.29, 1.82) is 0 Å². The van der Waals surface area contributed by atoms with Crippen molar-refractivity contribution in [2.24, 2.45) is 12.5 Å². The van der Waals surface area contributed by atoms with Gasteiger partial charge < -0.3 is 15.5 Å². The SMILES string of the molecule is CN(c1ccnc(Nc2cnn(C)c2)n1)C1CNCC12CCCC2. The van der Waals surface area contributed by atoms with Crippen molar-refractivity contribution in [3.63, 3.8) is 0 Å². The predicted molar refractivity (Wildman–Crippen MR) is 94.5 cm³/mol. The van der Waals surface area contributed by atoms with E-state index in [0.29, 0.717) is 17.4 Å². The van der Waals surface area contributed by atoms with Gasteiger partial charge in [0.05, 0.1) is 11.9 Å². The molecule has 0 aromatic carbocycles. The second kappa shape index (κ2) is 6.05. The normalized spacial score (nSPS) is 22.2. The van der Waals surface area contributed by atoms with E-state index in [-0.39, 0.29) is 0 Å². The number of hydrogen-bond acceptors (Lipinski definition) is 6. The summed E-state index contributed by atoms with van der Waals surface area (Å²) >= 11 is 0. The molecular formula is C17H25N7. The number of aromatic nitrogens is 4. The lowest BCUT2D eigenvalue weighted by molar-refractivity contribution is 0.288. The molecule has 1 unspecified atom stereocenters. The molecule has 0 radical (unpaired) electrons. The van der Waals surface area contributed by atoms with Crippen molar-refractivity contribution >= 4 is 17.5 Å². The second-order valence-corrected chi connectivity index (χ2v) is 7.09. The molecule has 0 bridgehead atoms. The molecule has 1 spiro atoms. The Morgan fingerprint density at radius 2 is 2.21 bits per heavy atom. The van der Waals surface area contributed by atoms with Gasteiger partial charge in [-0.25, -0.2) is 4.98 Å². The number of hydrogen-bond donors (Lipinski definition) is 2. The van der Waals surface area contributed by atoms with Crippen LogP contribution in [0.25, 0.3) is 0 Å². The first-order chi connectivity index (χ1) is 11.7. The summed E-state index contributed by atoms with van der Waals surface area (Å²) in [5.74, 6) is 1.58. The zero-order chi connectivity index (χ0) is 16.6. The highest BCUT2D eigenvalue weighted by atomic mass is 15.3. The van der Waals surface area contributed by atoms with Gasteiger partial charge in [-0.15, -0.1) is 0 Å². The Labute approximate surface area is 142 Å². The minimum absolute atomic E-state index is 0.413. The summed E-state index contributed by atoms with van der Waals surface area (Å²) in [5, 5.41) is 11.0. The van der Waals surface area contributed by atoms with Crippen LogP contribution in [0.3, 0.4) is 0 Å². The highest BCUT2D eigenvalue weighted by Crippen LogP contribution is 2.45. The van der Waals surface area contributed by atoms with Crippen LogP contribution < -0.4 is 15.5 Å². The van der Waals surface area contributed by atoms with E-state index in [1.54, 1.807) is 10.9 Å². The topological polar surface area (TPSA) is 70.9 Å². The average Bonchev–Trinajstić information content (AvgIpc) is 3.31. The van der Waals surface area contributed by atoms with Gasteiger partial charge in [-0.1, -0.05) is 12.8 Å². The lowest BCUT2D eigenvalue weighted by Gasteiger charge is -2.37. The lowest BCUT2D eigenvalue weighted by Crippen LogP contribution is -2.44. The molecule has 1 aliphatic heterocycles. The first kappa shape index (κ1) is 15.4. The fraction of sp³-hybridized carbons (Fsp3) is 0.588. The van der Waals surface area contributed by atoms with Crippen molar-refractivity contribution < 1.29 is 0 Å². The summed E-state index contributed by atoms with van der Waals surface area (Å²) in [4.78, 5) is 11.4. The van der Waals surface area contributed by atoms with Gasteiger partial charge >= 0.3 is 0 Å². The molecule has 2 aromatic rings. The number of nitrogens with zero attached hydrogens (tertiary/aromatic N) is 5. The Kier molecular flexibility index (Phi) is 3.88. The molecule has 1 aliphatic carbocycles. The smallest absolute Gasteiger partial charge is 0.229 e. The maximum Gasteiger partial charge on any atom is 0.229 e. The summed E-state index contributed by atoms with van der Waals surface area (Å²) in [6.45, 7) is 2.17. The molecule has 7 heteroatoms. The van der Waals surface area contributed by atoms with Gasteiger partial charge in [-0.2, -0.15) is 10.1 Å². The van der Waals surface area contributed by atoms with Crippen LogP contribution in [0.2, 0.25) is 0 Å². The largest absolute Gasteiger partial charge is 0.355 e. The van der Waals surface area contributed by atoms with Crippen molar-refractivity contribution in [2.75, 3.05) is 30.4 Å². The van der Waals surface area contributed by atoms with Crippen molar-refractivity contribution in [1.82, 2.24) is 25.1 Å². The van der Waals surface area contributed by atoms with E-state index in [4.69, 9.17) is 4.98 Å². The monoisotopic (exact) mass is 327 g/mol. The van der Waals surface area contributed by atoms with Gasteiger partial charge in [0.2, 0.25) is 5.95 Å². The summed E-state index contributed by atoms with van der Waals surface area (Å²) < 4.78 is 1.76. The Bertz CT molecular complexity index is 699. The first-order valence-corrected chi connectivity index (χ1v) is 8.69. The number of anilines is 3. The van der Waals surface area contributed by atoms with Gasteiger partial charge in [-0.05, 0) is 18.9 Å². The van der Waals surface area contributed by atoms with Crippen LogP contribution in [0.15, 0.2) is 24.7 Å². The van der Waals surface area contributed by atoms with Gasteiger partial charge in [0.15, 0.2) is 0 Å². The zero-order valence-electron chi connectivity index (χ0n) is 14.4. The molecule has 24 heavy (non-hydrogen) atoms. The van der Waals surface area contributed by atoms with Crippen LogP contribution >= 0.6 is 0 Å². The molecule has 3 heterocycles. The molecule has 2 aromatic heterocycles. The fourth-order valence-corrected chi connectivity index (χ4v) is 4.31. The number of likely N-dealkylation sites (N-methyl/N-ethyl adjacent to an activating group) is 1. The molecule has 4 rings (SSSR count). The molecule has 2 aliphatic rings. The number of rotatable bonds is 4. The summed E-state index contributed by atoms with van der Waals surface area (Å²) in [6, 6.07) is 2.50. The standard InChI is InChI=1S/C17H25N7/c1-23-11-13(9-20-23)21-16-19-8-5-15(22-16)24(2)14-10-18-12-17(14)6-3-4-7-17/h5,8-9,11,14,18H,3-4,6-7,10,12H2,1-2H3,(H,19,21,22). The summed E-state index contributed by atoms with van der Waals surface area (Å²) in [6.07, 6.45) is 10.8. The molecule has 1 saturated heterocycles. The quantitative estimate of drug-likeness (QED) is 0.894. The molecule has 7 nitrogen and oxygen atoms in total. The first-order valence-electron chi connectivity index (χ1n) is 8.69. The van der Waals surface area contributed by atoms with Crippen LogP contribution in [0.5, 0.6) is 0 Å². The molecule has 2 N–H and O–H groups in total. The third kappa shape index (κ3) is 2.73. The Balaban J connectivity index is 1.54. The van der Waals surface area contributed by atoms with Crippen LogP contribution in [-0.2, 0) is 7.05 Å². The van der Waals surface area contributed by atoms with Crippen molar-refractivity contribution in [3.05, 3.63) is 24.7 Å². The van der Waals surface area contributed by atoms with E-state index in [0.717, 1.165) is 24.6 Å². The summed E-state index contributed by atoms with van der Waals surface area (Å²) in [5.41, 5.74) is 1.31. The third-order valence-corrected chi connectivity index (χ3v) is 5.55. The van der Waals surface area contributed by atoms with Crippen molar-refractivity contribution in [3.8, 4) is 0 Å². The van der Waals surface area contributed by atoms with E-state index in [2.05, 4.69) is 32.7 Å². The highest BCUT2D eigenvalue weighted by molar-refractivity contribution is 5.53. The third-order valence-electron chi connectivity index (χ3n) is 5.55. The van der Waals surface area contributed by atoms with E-state index in [9.17, 15) is 0 Å². The molecule has 0 amide bonds. The maximum atomic E-state index is 4.72. The Morgan fingerprint density at radius 1 is 1.38 bits per heavy atom. The average molecular weight is 327 g/mol. The molecule has 1 saturated carbocycles. The predicted octanol–water partition coefficient (Wildman–Crippen LogP) is 1.92. The van der Waals surface area contributed by atoms with Crippen molar-refractivity contribution in [2.45, 2.75) is 31.7 Å². The van der Waals surface area contributed by atoms with E-state index >= 15 is 0 Å². The zero-order valence-corrected chi connectivity index (χ0v) is 14.4. The van der Waals surface area contributed by atoms with Crippen LogP contribution in [0.1, 0.15) is 25.7 Å². The van der Waals surface area contributed by atoms with Crippen LogP contribution in [-0.4, -0.2) is 45.9 Å². The van der Waals surface area contributed by atoms with Gasteiger partial charge in [0, 0.05) is 51.0 Å². The second-order valence-electron chi connectivity index (χ2n) is 7.09. The molecule has 1 atom stereocenters. The Morgan fingerprint density at radius 3 is 2.96 bits per heavy atom.